The lowest BCUT2D eigenvalue weighted by Gasteiger charge is -2.24. The first kappa shape index (κ1) is 23.9. The predicted octanol–water partition coefficient (Wildman–Crippen LogP) is 4.60. The fourth-order valence-corrected chi connectivity index (χ4v) is 4.63. The molecule has 0 saturated carbocycles. The summed E-state index contributed by atoms with van der Waals surface area (Å²) in [6.07, 6.45) is 2.19. The zero-order chi connectivity index (χ0) is 21.3. The molecule has 0 aliphatic rings. The van der Waals surface area contributed by atoms with E-state index in [-0.39, 0.29) is 5.75 Å². The minimum absolute atomic E-state index is 0.124. The molecule has 0 bridgehead atoms. The lowest BCUT2D eigenvalue weighted by Crippen LogP contribution is -2.43. The third kappa shape index (κ3) is 8.86. The molecule has 0 heterocycles. The molecule has 1 unspecified atom stereocenters. The molecule has 160 valence electrons. The molecular weight excluding hydrogens is 452 g/mol. The van der Waals surface area contributed by atoms with Gasteiger partial charge < -0.3 is 10.5 Å². The lowest BCUT2D eigenvalue weighted by molar-refractivity contribution is 0.0791. The first-order chi connectivity index (χ1) is 13.7. The van der Waals surface area contributed by atoms with Gasteiger partial charge in [-0.15, -0.1) is 0 Å². The van der Waals surface area contributed by atoms with E-state index in [0.29, 0.717) is 30.7 Å². The molecule has 0 spiro atoms. The van der Waals surface area contributed by atoms with Crippen LogP contribution >= 0.6 is 15.9 Å². The topological polar surface area (TPSA) is 81.4 Å². The molecule has 7 heteroatoms. The number of nitrogens with one attached hydrogen (secondary N) is 1. The molecule has 1 atom stereocenters. The van der Waals surface area contributed by atoms with Crippen molar-refractivity contribution in [3.8, 4) is 0 Å². The summed E-state index contributed by atoms with van der Waals surface area (Å²) in [6.45, 7) is 4.71. The van der Waals surface area contributed by atoms with Gasteiger partial charge in [0.25, 0.3) is 0 Å². The first-order valence-electron chi connectivity index (χ1n) is 9.83. The van der Waals surface area contributed by atoms with Crippen LogP contribution in [-0.2, 0) is 33.1 Å². The van der Waals surface area contributed by atoms with E-state index in [4.69, 9.17) is 10.5 Å². The quantitative estimate of drug-likeness (QED) is 0.433. The molecule has 0 aromatic heterocycles. The smallest absolute Gasteiger partial charge is 0.232 e. The second kappa shape index (κ2) is 11.1. The Labute approximate surface area is 183 Å². The van der Waals surface area contributed by atoms with E-state index in [2.05, 4.69) is 32.8 Å². The monoisotopic (exact) mass is 482 g/mol. The van der Waals surface area contributed by atoms with Gasteiger partial charge >= 0.3 is 0 Å². The molecule has 0 aliphatic carbocycles. The number of nitrogens with two attached hydrogens (primary N) is 1. The molecule has 0 fully saturated rings. The van der Waals surface area contributed by atoms with Gasteiger partial charge in [-0.05, 0) is 48.6 Å². The highest BCUT2D eigenvalue weighted by Crippen LogP contribution is 2.20. The third-order valence-corrected chi connectivity index (χ3v) is 6.42. The van der Waals surface area contributed by atoms with E-state index in [0.717, 1.165) is 24.0 Å². The standard InChI is InChI=1S/C22H31BrN2O3S/c1-3-4-10-29(26,27)25-21-12-19(15-23)11-20(13-21)16-28-17-22(2,24)14-18-8-6-5-7-9-18/h5-9,11-13,25H,3-4,10,14-17,24H2,1-2H3. The van der Waals surface area contributed by atoms with Crippen LogP contribution in [0.3, 0.4) is 0 Å². The number of benzene rings is 2. The van der Waals surface area contributed by atoms with Gasteiger partial charge in [-0.1, -0.05) is 65.7 Å². The Bertz CT molecular complexity index is 871. The highest BCUT2D eigenvalue weighted by molar-refractivity contribution is 9.08. The van der Waals surface area contributed by atoms with Gasteiger partial charge in [-0.25, -0.2) is 8.42 Å². The molecule has 0 amide bonds. The summed E-state index contributed by atoms with van der Waals surface area (Å²) in [5, 5.41) is 0.632. The second-order valence-corrected chi connectivity index (χ2v) is 10.2. The molecule has 0 radical (unpaired) electrons. The Hall–Kier alpha value is -1.41. The number of sulfonamides is 1. The Morgan fingerprint density at radius 2 is 1.79 bits per heavy atom. The van der Waals surface area contributed by atoms with E-state index in [9.17, 15) is 8.42 Å². The number of rotatable bonds is 12. The van der Waals surface area contributed by atoms with Crippen molar-refractivity contribution in [2.24, 2.45) is 5.73 Å². The van der Waals surface area contributed by atoms with Crippen molar-refractivity contribution in [1.82, 2.24) is 0 Å². The summed E-state index contributed by atoms with van der Waals surface area (Å²) < 4.78 is 33.0. The van der Waals surface area contributed by atoms with E-state index in [1.807, 2.05) is 50.2 Å². The van der Waals surface area contributed by atoms with Crippen LogP contribution in [0.5, 0.6) is 0 Å². The molecule has 2 rings (SSSR count). The number of hydrogen-bond donors (Lipinski definition) is 2. The van der Waals surface area contributed by atoms with Crippen LogP contribution in [0.1, 0.15) is 43.4 Å². The number of halogens is 1. The maximum Gasteiger partial charge on any atom is 0.232 e. The zero-order valence-corrected chi connectivity index (χ0v) is 19.6. The number of alkyl halides is 1. The van der Waals surface area contributed by atoms with Crippen LogP contribution in [0, 0.1) is 0 Å². The average molecular weight is 483 g/mol. The fraction of sp³-hybridized carbons (Fsp3) is 0.455. The summed E-state index contributed by atoms with van der Waals surface area (Å²) in [5.41, 5.74) is 9.55. The van der Waals surface area contributed by atoms with E-state index >= 15 is 0 Å². The van der Waals surface area contributed by atoms with Gasteiger partial charge in [0.05, 0.1) is 19.0 Å². The van der Waals surface area contributed by atoms with E-state index in [1.165, 1.54) is 5.56 Å². The van der Waals surface area contributed by atoms with Gasteiger partial charge in [0.15, 0.2) is 0 Å². The van der Waals surface area contributed by atoms with Crippen molar-refractivity contribution in [3.05, 3.63) is 65.2 Å². The molecule has 0 aliphatic heterocycles. The van der Waals surface area contributed by atoms with Gasteiger partial charge in [-0.2, -0.15) is 0 Å². The predicted molar refractivity (Wildman–Crippen MR) is 124 cm³/mol. The average Bonchev–Trinajstić information content (AvgIpc) is 2.66. The lowest BCUT2D eigenvalue weighted by atomic mass is 9.95. The normalized spacial score (nSPS) is 13.8. The minimum Gasteiger partial charge on any atom is -0.375 e. The molecule has 0 saturated heterocycles. The van der Waals surface area contributed by atoms with Gasteiger partial charge in [0.2, 0.25) is 10.0 Å². The van der Waals surface area contributed by atoms with E-state index in [1.54, 1.807) is 0 Å². The van der Waals surface area contributed by atoms with Gasteiger partial charge in [0, 0.05) is 16.6 Å². The van der Waals surface area contributed by atoms with Crippen molar-refractivity contribution < 1.29 is 13.2 Å². The van der Waals surface area contributed by atoms with Crippen molar-refractivity contribution in [1.29, 1.82) is 0 Å². The Kier molecular flexibility index (Phi) is 9.14. The number of hydrogen-bond acceptors (Lipinski definition) is 4. The van der Waals surface area contributed by atoms with Crippen LogP contribution in [0.15, 0.2) is 48.5 Å². The van der Waals surface area contributed by atoms with Crippen molar-refractivity contribution in [3.63, 3.8) is 0 Å². The number of ether oxygens (including phenoxy) is 1. The van der Waals surface area contributed by atoms with Crippen molar-refractivity contribution >= 4 is 31.6 Å². The fourth-order valence-electron chi connectivity index (χ4n) is 3.06. The number of anilines is 1. The Morgan fingerprint density at radius 1 is 1.10 bits per heavy atom. The third-order valence-electron chi connectivity index (χ3n) is 4.40. The van der Waals surface area contributed by atoms with Crippen LogP contribution in [-0.4, -0.2) is 26.3 Å². The maximum atomic E-state index is 12.2. The summed E-state index contributed by atoms with van der Waals surface area (Å²) in [6, 6.07) is 15.8. The highest BCUT2D eigenvalue weighted by atomic mass is 79.9. The molecular formula is C22H31BrN2O3S. The van der Waals surface area contributed by atoms with Crippen LogP contribution < -0.4 is 10.5 Å². The summed E-state index contributed by atoms with van der Waals surface area (Å²) in [7, 11) is -3.34. The first-order valence-corrected chi connectivity index (χ1v) is 12.6. The SMILES string of the molecule is CCCCS(=O)(=O)Nc1cc(CBr)cc(COCC(C)(N)Cc2ccccc2)c1. The molecule has 2 aromatic carbocycles. The van der Waals surface area contributed by atoms with Gasteiger partial charge in [-0.3, -0.25) is 4.72 Å². The molecule has 2 aromatic rings. The Morgan fingerprint density at radius 3 is 2.45 bits per heavy atom. The number of unbranched alkanes of at least 4 members (excludes halogenated alkanes) is 1. The minimum atomic E-state index is -3.34. The molecule has 29 heavy (non-hydrogen) atoms. The van der Waals surface area contributed by atoms with E-state index < -0.39 is 15.6 Å². The summed E-state index contributed by atoms with van der Waals surface area (Å²) in [5.74, 6) is 0.124. The summed E-state index contributed by atoms with van der Waals surface area (Å²) >= 11 is 3.45. The van der Waals surface area contributed by atoms with Crippen LogP contribution in [0.4, 0.5) is 5.69 Å². The van der Waals surface area contributed by atoms with Gasteiger partial charge in [0.1, 0.15) is 0 Å². The zero-order valence-electron chi connectivity index (χ0n) is 17.2. The Balaban J connectivity index is 1.99. The second-order valence-electron chi connectivity index (χ2n) is 7.76. The maximum absolute atomic E-state index is 12.2. The van der Waals surface area contributed by atoms with Crippen LogP contribution in [0.25, 0.3) is 0 Å². The summed E-state index contributed by atoms with van der Waals surface area (Å²) in [4.78, 5) is 0. The van der Waals surface area contributed by atoms with Crippen molar-refractivity contribution in [2.45, 2.75) is 50.6 Å². The molecule has 5 nitrogen and oxygen atoms in total. The largest absolute Gasteiger partial charge is 0.375 e. The highest BCUT2D eigenvalue weighted by Gasteiger charge is 2.19. The van der Waals surface area contributed by atoms with Crippen molar-refractivity contribution in [2.75, 3.05) is 17.1 Å². The molecule has 3 N–H and O–H groups in total. The van der Waals surface area contributed by atoms with Crippen LogP contribution in [0.2, 0.25) is 0 Å².